The number of nitrogen functional groups attached to an aromatic ring is 1. The fraction of sp³-hybridized carbons (Fsp3) is 0.700. The zero-order valence-electron chi connectivity index (χ0n) is 10.0. The number of ether oxygens (including phenoxy) is 1. The molecule has 1 aromatic rings. The predicted molar refractivity (Wildman–Crippen MR) is 61.3 cm³/mol. The van der Waals surface area contributed by atoms with Crippen LogP contribution in [0.1, 0.15) is 24.0 Å². The molecule has 2 atom stereocenters. The third-order valence-electron chi connectivity index (χ3n) is 3.18. The number of carbonyl (C=O) groups is 1. The molecule has 0 spiro atoms. The number of piperidine rings is 1. The smallest absolute Gasteiger partial charge is 0.291 e. The molecule has 17 heavy (non-hydrogen) atoms. The van der Waals surface area contributed by atoms with E-state index in [1.165, 1.54) is 0 Å². The van der Waals surface area contributed by atoms with Gasteiger partial charge in [0.2, 0.25) is 11.8 Å². The SMILES string of the molecule is COC1CN(C(=O)c2nc(N)n[nH]2)CCC1C. The summed E-state index contributed by atoms with van der Waals surface area (Å²) in [7, 11) is 1.67. The van der Waals surface area contributed by atoms with Crippen LogP contribution in [-0.4, -0.2) is 52.3 Å². The van der Waals surface area contributed by atoms with Crippen LogP contribution in [0.5, 0.6) is 0 Å². The minimum atomic E-state index is -0.178. The van der Waals surface area contributed by atoms with E-state index in [9.17, 15) is 4.79 Å². The first-order valence-electron chi connectivity index (χ1n) is 5.61. The van der Waals surface area contributed by atoms with Crippen LogP contribution in [0.4, 0.5) is 5.95 Å². The van der Waals surface area contributed by atoms with Gasteiger partial charge in [0.1, 0.15) is 0 Å². The van der Waals surface area contributed by atoms with Crippen LogP contribution in [0.15, 0.2) is 0 Å². The molecule has 1 aliphatic rings. The second-order valence-electron chi connectivity index (χ2n) is 4.33. The molecule has 7 heteroatoms. The van der Waals surface area contributed by atoms with Gasteiger partial charge in [-0.25, -0.2) is 0 Å². The Morgan fingerprint density at radius 2 is 2.41 bits per heavy atom. The van der Waals surface area contributed by atoms with Crippen molar-refractivity contribution in [2.75, 3.05) is 25.9 Å². The second kappa shape index (κ2) is 4.70. The van der Waals surface area contributed by atoms with Gasteiger partial charge in [0.05, 0.1) is 6.10 Å². The molecule has 94 valence electrons. The number of H-pyrrole nitrogens is 1. The number of likely N-dealkylation sites (tertiary alicyclic amines) is 1. The molecular formula is C10H17N5O2. The Hall–Kier alpha value is -1.63. The number of nitrogens with one attached hydrogen (secondary N) is 1. The number of carbonyl (C=O) groups excluding carboxylic acids is 1. The van der Waals surface area contributed by atoms with Crippen LogP contribution in [-0.2, 0) is 4.74 Å². The summed E-state index contributed by atoms with van der Waals surface area (Å²) >= 11 is 0. The zero-order chi connectivity index (χ0) is 12.4. The first kappa shape index (κ1) is 11.8. The van der Waals surface area contributed by atoms with E-state index >= 15 is 0 Å². The molecule has 2 unspecified atom stereocenters. The minimum Gasteiger partial charge on any atom is -0.379 e. The largest absolute Gasteiger partial charge is 0.379 e. The van der Waals surface area contributed by atoms with Crippen LogP contribution >= 0.6 is 0 Å². The number of hydrogen-bond acceptors (Lipinski definition) is 5. The number of anilines is 1. The van der Waals surface area contributed by atoms with E-state index in [1.54, 1.807) is 12.0 Å². The third-order valence-corrected chi connectivity index (χ3v) is 3.18. The van der Waals surface area contributed by atoms with Crippen molar-refractivity contribution < 1.29 is 9.53 Å². The van der Waals surface area contributed by atoms with Crippen LogP contribution in [0.3, 0.4) is 0 Å². The average molecular weight is 239 g/mol. The summed E-state index contributed by atoms with van der Waals surface area (Å²) in [6, 6.07) is 0. The summed E-state index contributed by atoms with van der Waals surface area (Å²) < 4.78 is 5.36. The molecule has 2 rings (SSSR count). The molecule has 1 saturated heterocycles. The van der Waals surface area contributed by atoms with Crippen LogP contribution < -0.4 is 5.73 Å². The van der Waals surface area contributed by atoms with Gasteiger partial charge in [-0.05, 0) is 12.3 Å². The van der Waals surface area contributed by atoms with Crippen molar-refractivity contribution in [1.82, 2.24) is 20.1 Å². The average Bonchev–Trinajstić information content (AvgIpc) is 2.75. The molecule has 0 saturated carbocycles. The Kier molecular flexibility index (Phi) is 3.28. The Morgan fingerprint density at radius 1 is 1.65 bits per heavy atom. The topological polar surface area (TPSA) is 97.1 Å². The Bertz CT molecular complexity index is 405. The van der Waals surface area contributed by atoms with Crippen molar-refractivity contribution in [3.8, 4) is 0 Å². The van der Waals surface area contributed by atoms with Gasteiger partial charge in [0.25, 0.3) is 5.91 Å². The maximum atomic E-state index is 12.1. The second-order valence-corrected chi connectivity index (χ2v) is 4.33. The van der Waals surface area contributed by atoms with Gasteiger partial charge in [-0.1, -0.05) is 6.92 Å². The molecule has 0 radical (unpaired) electrons. The summed E-state index contributed by atoms with van der Waals surface area (Å²) in [5.74, 6) is 0.556. The van der Waals surface area contributed by atoms with Crippen molar-refractivity contribution in [3.63, 3.8) is 0 Å². The molecule has 0 aliphatic carbocycles. The fourth-order valence-corrected chi connectivity index (χ4v) is 2.05. The summed E-state index contributed by atoms with van der Waals surface area (Å²) in [6.45, 7) is 3.42. The number of rotatable bonds is 2. The molecule has 1 fully saturated rings. The lowest BCUT2D eigenvalue weighted by Gasteiger charge is -2.35. The molecule has 1 amide bonds. The highest BCUT2D eigenvalue weighted by molar-refractivity contribution is 5.90. The number of methoxy groups -OCH3 is 1. The van der Waals surface area contributed by atoms with E-state index in [-0.39, 0.29) is 23.8 Å². The summed E-state index contributed by atoms with van der Waals surface area (Å²) in [5, 5.41) is 6.18. The van der Waals surface area contributed by atoms with E-state index in [0.717, 1.165) is 6.42 Å². The van der Waals surface area contributed by atoms with Crippen molar-refractivity contribution in [1.29, 1.82) is 0 Å². The quantitative estimate of drug-likeness (QED) is 0.750. The highest BCUT2D eigenvalue weighted by atomic mass is 16.5. The van der Waals surface area contributed by atoms with Gasteiger partial charge in [0, 0.05) is 20.2 Å². The zero-order valence-corrected chi connectivity index (χ0v) is 10.0. The highest BCUT2D eigenvalue weighted by Gasteiger charge is 2.30. The Morgan fingerprint density at radius 3 is 3.00 bits per heavy atom. The van der Waals surface area contributed by atoms with E-state index in [4.69, 9.17) is 10.5 Å². The Balaban J connectivity index is 2.05. The standard InChI is InChI=1S/C10H17N5O2/c1-6-3-4-15(5-7(6)17-2)9(16)8-12-10(11)14-13-8/h6-7H,3-5H2,1-2H3,(H3,11,12,13,14). The third kappa shape index (κ3) is 2.38. The summed E-state index contributed by atoms with van der Waals surface area (Å²) in [4.78, 5) is 17.6. The Labute approximate surface area is 99.3 Å². The van der Waals surface area contributed by atoms with E-state index in [2.05, 4.69) is 22.1 Å². The van der Waals surface area contributed by atoms with Gasteiger partial charge in [-0.15, -0.1) is 5.10 Å². The lowest BCUT2D eigenvalue weighted by Crippen LogP contribution is -2.46. The van der Waals surface area contributed by atoms with Crippen LogP contribution in [0.2, 0.25) is 0 Å². The van der Waals surface area contributed by atoms with Gasteiger partial charge >= 0.3 is 0 Å². The molecule has 3 N–H and O–H groups in total. The maximum absolute atomic E-state index is 12.1. The van der Waals surface area contributed by atoms with Crippen molar-refractivity contribution in [3.05, 3.63) is 5.82 Å². The molecule has 1 aliphatic heterocycles. The van der Waals surface area contributed by atoms with Crippen LogP contribution in [0.25, 0.3) is 0 Å². The number of nitrogens with zero attached hydrogens (tertiary/aromatic N) is 3. The molecule has 0 bridgehead atoms. The minimum absolute atomic E-state index is 0.0768. The number of aromatic nitrogens is 3. The number of amides is 1. The first-order chi connectivity index (χ1) is 8.11. The molecule has 0 aromatic carbocycles. The van der Waals surface area contributed by atoms with Gasteiger partial charge in [0.15, 0.2) is 0 Å². The van der Waals surface area contributed by atoms with Crippen LogP contribution in [0, 0.1) is 5.92 Å². The van der Waals surface area contributed by atoms with Gasteiger partial charge in [-0.2, -0.15) is 4.98 Å². The molecule has 2 heterocycles. The number of aromatic amines is 1. The van der Waals surface area contributed by atoms with Gasteiger partial charge < -0.3 is 15.4 Å². The molecule has 1 aromatic heterocycles. The van der Waals surface area contributed by atoms with Crippen molar-refractivity contribution in [2.45, 2.75) is 19.4 Å². The molecular weight excluding hydrogens is 222 g/mol. The fourth-order valence-electron chi connectivity index (χ4n) is 2.05. The lowest BCUT2D eigenvalue weighted by molar-refractivity contribution is -0.00198. The van der Waals surface area contributed by atoms with Crippen molar-refractivity contribution >= 4 is 11.9 Å². The van der Waals surface area contributed by atoms with E-state index in [1.807, 2.05) is 0 Å². The van der Waals surface area contributed by atoms with E-state index < -0.39 is 0 Å². The normalized spacial score (nSPS) is 24.9. The monoisotopic (exact) mass is 239 g/mol. The predicted octanol–water partition coefficient (Wildman–Crippen LogP) is -0.116. The highest BCUT2D eigenvalue weighted by Crippen LogP contribution is 2.20. The summed E-state index contributed by atoms with van der Waals surface area (Å²) in [5.41, 5.74) is 5.37. The van der Waals surface area contributed by atoms with Crippen molar-refractivity contribution in [2.24, 2.45) is 5.92 Å². The molecule has 7 nitrogen and oxygen atoms in total. The van der Waals surface area contributed by atoms with Gasteiger partial charge in [-0.3, -0.25) is 9.89 Å². The lowest BCUT2D eigenvalue weighted by atomic mass is 9.96. The number of nitrogens with two attached hydrogens (primary N) is 1. The number of hydrogen-bond donors (Lipinski definition) is 2. The first-order valence-corrected chi connectivity index (χ1v) is 5.61. The maximum Gasteiger partial charge on any atom is 0.291 e. The van der Waals surface area contributed by atoms with E-state index in [0.29, 0.717) is 19.0 Å². The summed E-state index contributed by atoms with van der Waals surface area (Å²) in [6.07, 6.45) is 1.00.